The quantitative estimate of drug-likeness (QED) is 0.643. The monoisotopic (exact) mass is 438 g/mol. The van der Waals surface area contributed by atoms with Crippen LogP contribution in [0.25, 0.3) is 0 Å². The number of nitrogens with zero attached hydrogens (tertiary/aromatic N) is 1. The van der Waals surface area contributed by atoms with Gasteiger partial charge in [-0.2, -0.15) is 0 Å². The standard InChI is InChI=1S/C20H17Cl3N2O3/c1-10(2)7-17(18(26)24-16-6-4-3-5-13(16)21)25-19(27)11-8-14(22)15(23)9-12(11)20(25)28/h3-6,8-10,17H,7H2,1-2H3,(H,24,26)/t17-/m1/s1. The van der Waals surface area contributed by atoms with Gasteiger partial charge in [-0.1, -0.05) is 60.8 Å². The Hall–Kier alpha value is -2.08. The Labute approximate surface area is 177 Å². The first-order valence-corrected chi connectivity index (χ1v) is 9.76. The Morgan fingerprint density at radius 1 is 0.964 bits per heavy atom. The highest BCUT2D eigenvalue weighted by atomic mass is 35.5. The van der Waals surface area contributed by atoms with Gasteiger partial charge < -0.3 is 5.32 Å². The summed E-state index contributed by atoms with van der Waals surface area (Å²) >= 11 is 18.1. The van der Waals surface area contributed by atoms with Gasteiger partial charge in [-0.25, -0.2) is 0 Å². The van der Waals surface area contributed by atoms with E-state index < -0.39 is 23.8 Å². The summed E-state index contributed by atoms with van der Waals surface area (Å²) in [6, 6.07) is 8.47. The van der Waals surface area contributed by atoms with Gasteiger partial charge in [-0.15, -0.1) is 0 Å². The van der Waals surface area contributed by atoms with Crippen molar-refractivity contribution in [2.75, 3.05) is 5.32 Å². The molecular weight excluding hydrogens is 423 g/mol. The molecule has 5 nitrogen and oxygen atoms in total. The average Bonchev–Trinajstić information content (AvgIpc) is 2.86. The molecule has 1 heterocycles. The minimum absolute atomic E-state index is 0.0542. The van der Waals surface area contributed by atoms with Crippen molar-refractivity contribution in [1.29, 1.82) is 0 Å². The fourth-order valence-corrected chi connectivity index (χ4v) is 3.60. The van der Waals surface area contributed by atoms with Crippen LogP contribution in [0.15, 0.2) is 36.4 Å². The molecule has 0 saturated heterocycles. The summed E-state index contributed by atoms with van der Waals surface area (Å²) < 4.78 is 0. The molecule has 1 atom stereocenters. The second-order valence-corrected chi connectivity index (χ2v) is 8.13. The molecule has 0 fully saturated rings. The highest BCUT2D eigenvalue weighted by Crippen LogP contribution is 2.34. The van der Waals surface area contributed by atoms with E-state index in [1.165, 1.54) is 12.1 Å². The number of carbonyl (C=O) groups excluding carboxylic acids is 3. The van der Waals surface area contributed by atoms with Crippen molar-refractivity contribution in [1.82, 2.24) is 4.90 Å². The first-order valence-electron chi connectivity index (χ1n) is 8.63. The lowest BCUT2D eigenvalue weighted by atomic mass is 10.0. The van der Waals surface area contributed by atoms with Gasteiger partial charge in [0.2, 0.25) is 5.91 Å². The second-order valence-electron chi connectivity index (χ2n) is 6.91. The van der Waals surface area contributed by atoms with Crippen molar-refractivity contribution in [3.63, 3.8) is 0 Å². The number of halogens is 3. The molecule has 1 N–H and O–H groups in total. The maximum atomic E-state index is 13.0. The van der Waals surface area contributed by atoms with Gasteiger partial charge in [0, 0.05) is 0 Å². The van der Waals surface area contributed by atoms with Crippen LogP contribution >= 0.6 is 34.8 Å². The number of carbonyl (C=O) groups is 3. The van der Waals surface area contributed by atoms with E-state index in [1.807, 2.05) is 13.8 Å². The Kier molecular flexibility index (Phi) is 5.98. The summed E-state index contributed by atoms with van der Waals surface area (Å²) in [5.74, 6) is -1.58. The lowest BCUT2D eigenvalue weighted by molar-refractivity contribution is -0.120. The van der Waals surface area contributed by atoms with Gasteiger partial charge in [-0.05, 0) is 36.6 Å². The van der Waals surface area contributed by atoms with E-state index in [0.717, 1.165) is 4.90 Å². The molecule has 0 saturated carbocycles. The van der Waals surface area contributed by atoms with E-state index in [-0.39, 0.29) is 27.1 Å². The van der Waals surface area contributed by atoms with Crippen LogP contribution in [0.3, 0.4) is 0 Å². The van der Waals surface area contributed by atoms with Crippen molar-refractivity contribution in [3.05, 3.63) is 62.6 Å². The molecule has 0 aromatic heterocycles. The highest BCUT2D eigenvalue weighted by Gasteiger charge is 2.43. The molecule has 3 amide bonds. The summed E-state index contributed by atoms with van der Waals surface area (Å²) in [6.07, 6.45) is 0.295. The minimum atomic E-state index is -0.999. The van der Waals surface area contributed by atoms with Gasteiger partial charge >= 0.3 is 0 Å². The summed E-state index contributed by atoms with van der Waals surface area (Å²) in [5.41, 5.74) is 0.683. The van der Waals surface area contributed by atoms with Crippen LogP contribution in [0.5, 0.6) is 0 Å². The average molecular weight is 440 g/mol. The van der Waals surface area contributed by atoms with E-state index in [0.29, 0.717) is 17.1 Å². The number of rotatable bonds is 5. The van der Waals surface area contributed by atoms with Crippen LogP contribution in [0, 0.1) is 5.92 Å². The van der Waals surface area contributed by atoms with Crippen molar-refractivity contribution >= 4 is 58.2 Å². The molecule has 0 bridgehead atoms. The van der Waals surface area contributed by atoms with Gasteiger partial charge in [0.05, 0.1) is 31.9 Å². The van der Waals surface area contributed by atoms with Crippen LogP contribution in [0.4, 0.5) is 5.69 Å². The first kappa shape index (κ1) is 20.6. The predicted octanol–water partition coefficient (Wildman–Crippen LogP) is 5.30. The maximum Gasteiger partial charge on any atom is 0.262 e. The summed E-state index contributed by atoms with van der Waals surface area (Å²) in [7, 11) is 0. The molecule has 1 aliphatic rings. The van der Waals surface area contributed by atoms with E-state index in [9.17, 15) is 14.4 Å². The highest BCUT2D eigenvalue weighted by molar-refractivity contribution is 6.43. The number of imide groups is 1. The van der Waals surface area contributed by atoms with Crippen LogP contribution in [-0.4, -0.2) is 28.7 Å². The maximum absolute atomic E-state index is 13.0. The first-order chi connectivity index (χ1) is 13.2. The Balaban J connectivity index is 1.96. The smallest absolute Gasteiger partial charge is 0.262 e. The van der Waals surface area contributed by atoms with Crippen LogP contribution in [0.1, 0.15) is 41.0 Å². The van der Waals surface area contributed by atoms with Crippen LogP contribution in [0.2, 0.25) is 15.1 Å². The largest absolute Gasteiger partial charge is 0.323 e. The Morgan fingerprint density at radius 3 is 2.00 bits per heavy atom. The molecule has 0 unspecified atom stereocenters. The van der Waals surface area contributed by atoms with Crippen molar-refractivity contribution in [3.8, 4) is 0 Å². The number of para-hydroxylation sites is 1. The third-order valence-electron chi connectivity index (χ3n) is 4.40. The number of hydrogen-bond acceptors (Lipinski definition) is 3. The van der Waals surface area contributed by atoms with E-state index in [4.69, 9.17) is 34.8 Å². The normalized spacial score (nSPS) is 14.4. The molecule has 2 aromatic rings. The fourth-order valence-electron chi connectivity index (χ4n) is 3.09. The minimum Gasteiger partial charge on any atom is -0.323 e. The fraction of sp³-hybridized carbons (Fsp3) is 0.250. The lowest BCUT2D eigenvalue weighted by Crippen LogP contribution is -2.48. The van der Waals surface area contributed by atoms with Gasteiger partial charge in [0.15, 0.2) is 0 Å². The van der Waals surface area contributed by atoms with E-state index in [1.54, 1.807) is 24.3 Å². The predicted molar refractivity (Wildman–Crippen MR) is 110 cm³/mol. The topological polar surface area (TPSA) is 66.5 Å². The molecule has 0 spiro atoms. The molecule has 0 aliphatic carbocycles. The van der Waals surface area contributed by atoms with Crippen molar-refractivity contribution in [2.24, 2.45) is 5.92 Å². The number of amides is 3. The summed E-state index contributed by atoms with van der Waals surface area (Å²) in [5, 5.41) is 3.42. The Morgan fingerprint density at radius 2 is 1.50 bits per heavy atom. The molecule has 1 aliphatic heterocycles. The molecule has 28 heavy (non-hydrogen) atoms. The number of nitrogens with one attached hydrogen (secondary N) is 1. The number of hydrogen-bond donors (Lipinski definition) is 1. The van der Waals surface area contributed by atoms with Crippen molar-refractivity contribution < 1.29 is 14.4 Å². The molecular formula is C20H17Cl3N2O3. The molecule has 3 rings (SSSR count). The number of fused-ring (bicyclic) bond motifs is 1. The van der Waals surface area contributed by atoms with Gasteiger partial charge in [0.1, 0.15) is 6.04 Å². The van der Waals surface area contributed by atoms with Crippen LogP contribution < -0.4 is 5.32 Å². The SMILES string of the molecule is CC(C)C[C@H](C(=O)Nc1ccccc1Cl)N1C(=O)c2cc(Cl)c(Cl)cc2C1=O. The van der Waals surface area contributed by atoms with Crippen LogP contribution in [-0.2, 0) is 4.79 Å². The lowest BCUT2D eigenvalue weighted by Gasteiger charge is -2.27. The zero-order valence-electron chi connectivity index (χ0n) is 15.1. The molecule has 146 valence electrons. The Bertz CT molecular complexity index is 934. The van der Waals surface area contributed by atoms with E-state index >= 15 is 0 Å². The zero-order valence-corrected chi connectivity index (χ0v) is 17.4. The summed E-state index contributed by atoms with van der Waals surface area (Å²) in [4.78, 5) is 39.8. The van der Waals surface area contributed by atoms with Gasteiger partial charge in [-0.3, -0.25) is 19.3 Å². The number of benzene rings is 2. The van der Waals surface area contributed by atoms with Gasteiger partial charge in [0.25, 0.3) is 11.8 Å². The second kappa shape index (κ2) is 8.11. The summed E-state index contributed by atoms with van der Waals surface area (Å²) in [6.45, 7) is 3.81. The molecule has 2 aromatic carbocycles. The number of anilines is 1. The molecule has 8 heteroatoms. The third kappa shape index (κ3) is 3.88. The van der Waals surface area contributed by atoms with Crippen molar-refractivity contribution in [2.45, 2.75) is 26.3 Å². The molecule has 0 radical (unpaired) electrons. The zero-order chi connectivity index (χ0) is 20.6. The van der Waals surface area contributed by atoms with E-state index in [2.05, 4.69) is 5.32 Å². The third-order valence-corrected chi connectivity index (χ3v) is 5.45.